The highest BCUT2D eigenvalue weighted by atomic mass is 16.1. The van der Waals surface area contributed by atoms with Gasteiger partial charge in [0.2, 0.25) is 0 Å². The van der Waals surface area contributed by atoms with Crippen LogP contribution in [0.1, 0.15) is 18.4 Å². The Morgan fingerprint density at radius 3 is 2.80 bits per heavy atom. The number of rotatable bonds is 3. The zero-order chi connectivity index (χ0) is 10.5. The van der Waals surface area contributed by atoms with Crippen LogP contribution < -0.4 is 5.32 Å². The third-order valence-corrected chi connectivity index (χ3v) is 2.64. The van der Waals surface area contributed by atoms with Gasteiger partial charge >= 0.3 is 0 Å². The first-order chi connectivity index (χ1) is 7.36. The summed E-state index contributed by atoms with van der Waals surface area (Å²) < 4.78 is 0. The SMILES string of the molecule is O=C(/C=C/c1ccccc1)[C@@H]1CCCN1. The van der Waals surface area contributed by atoms with Crippen molar-refractivity contribution in [1.82, 2.24) is 5.32 Å². The number of hydrogen-bond acceptors (Lipinski definition) is 2. The van der Waals surface area contributed by atoms with Gasteiger partial charge in [0.25, 0.3) is 0 Å². The molecule has 2 heteroatoms. The molecular formula is C13H15NO. The molecule has 0 aromatic heterocycles. The largest absolute Gasteiger partial charge is 0.307 e. The van der Waals surface area contributed by atoms with Crippen molar-refractivity contribution in [2.75, 3.05) is 6.54 Å². The van der Waals surface area contributed by atoms with Crippen molar-refractivity contribution in [3.05, 3.63) is 42.0 Å². The van der Waals surface area contributed by atoms with Crippen molar-refractivity contribution in [1.29, 1.82) is 0 Å². The standard InChI is InChI=1S/C13H15NO/c15-13(12-7-4-10-14-12)9-8-11-5-2-1-3-6-11/h1-3,5-6,8-9,12,14H,4,7,10H2/b9-8+/t12-/m0/s1. The summed E-state index contributed by atoms with van der Waals surface area (Å²) >= 11 is 0. The number of carbonyl (C=O) groups excluding carboxylic acids is 1. The van der Waals surface area contributed by atoms with Crippen LogP contribution in [-0.2, 0) is 4.79 Å². The van der Waals surface area contributed by atoms with E-state index in [2.05, 4.69) is 5.32 Å². The maximum Gasteiger partial charge on any atom is 0.172 e. The minimum atomic E-state index is 0.0463. The number of carbonyl (C=O) groups is 1. The van der Waals surface area contributed by atoms with Gasteiger partial charge in [-0.2, -0.15) is 0 Å². The molecule has 0 bridgehead atoms. The monoisotopic (exact) mass is 201 g/mol. The second-order valence-electron chi connectivity index (χ2n) is 3.80. The van der Waals surface area contributed by atoms with Gasteiger partial charge in [0, 0.05) is 0 Å². The van der Waals surface area contributed by atoms with Crippen molar-refractivity contribution in [3.63, 3.8) is 0 Å². The maximum absolute atomic E-state index is 11.7. The molecule has 1 N–H and O–H groups in total. The van der Waals surface area contributed by atoms with Crippen LogP contribution in [0.25, 0.3) is 6.08 Å². The summed E-state index contributed by atoms with van der Waals surface area (Å²) in [5.74, 6) is 0.191. The lowest BCUT2D eigenvalue weighted by Gasteiger charge is -2.03. The Morgan fingerprint density at radius 1 is 1.33 bits per heavy atom. The first kappa shape index (κ1) is 10.1. The van der Waals surface area contributed by atoms with Crippen LogP contribution in [0.2, 0.25) is 0 Å². The molecule has 78 valence electrons. The topological polar surface area (TPSA) is 29.1 Å². The normalized spacial score (nSPS) is 20.9. The predicted octanol–water partition coefficient (Wildman–Crippen LogP) is 2.02. The minimum absolute atomic E-state index is 0.0463. The molecule has 0 radical (unpaired) electrons. The summed E-state index contributed by atoms with van der Waals surface area (Å²) in [6.45, 7) is 0.968. The van der Waals surface area contributed by atoms with Gasteiger partial charge < -0.3 is 5.32 Å². The van der Waals surface area contributed by atoms with Gasteiger partial charge in [0.05, 0.1) is 6.04 Å². The highest BCUT2D eigenvalue weighted by Gasteiger charge is 2.19. The summed E-state index contributed by atoms with van der Waals surface area (Å²) in [5, 5.41) is 3.19. The highest BCUT2D eigenvalue weighted by molar-refractivity contribution is 5.97. The van der Waals surface area contributed by atoms with E-state index in [1.54, 1.807) is 6.08 Å². The van der Waals surface area contributed by atoms with E-state index in [0.717, 1.165) is 24.9 Å². The maximum atomic E-state index is 11.7. The fraction of sp³-hybridized carbons (Fsp3) is 0.308. The molecule has 0 aliphatic carbocycles. The number of benzene rings is 1. The van der Waals surface area contributed by atoms with Crippen molar-refractivity contribution < 1.29 is 4.79 Å². The Bertz CT molecular complexity index is 350. The first-order valence-electron chi connectivity index (χ1n) is 5.36. The zero-order valence-electron chi connectivity index (χ0n) is 8.65. The Labute approximate surface area is 90.0 Å². The van der Waals surface area contributed by atoms with Crippen molar-refractivity contribution in [2.45, 2.75) is 18.9 Å². The Morgan fingerprint density at radius 2 is 2.13 bits per heavy atom. The molecule has 1 fully saturated rings. The van der Waals surface area contributed by atoms with Crippen LogP contribution in [0, 0.1) is 0 Å². The summed E-state index contributed by atoms with van der Waals surface area (Å²) in [6, 6.07) is 9.94. The molecule has 0 saturated carbocycles. The fourth-order valence-corrected chi connectivity index (χ4v) is 1.79. The molecule has 2 rings (SSSR count). The van der Waals surface area contributed by atoms with Gasteiger partial charge in [0.15, 0.2) is 5.78 Å². The molecule has 1 aromatic carbocycles. The van der Waals surface area contributed by atoms with Crippen LogP contribution in [-0.4, -0.2) is 18.4 Å². The second kappa shape index (κ2) is 4.89. The van der Waals surface area contributed by atoms with Crippen LogP contribution >= 0.6 is 0 Å². The zero-order valence-corrected chi connectivity index (χ0v) is 8.65. The molecule has 0 unspecified atom stereocenters. The minimum Gasteiger partial charge on any atom is -0.307 e. The molecule has 1 saturated heterocycles. The summed E-state index contributed by atoms with van der Waals surface area (Å²) in [4.78, 5) is 11.7. The average Bonchev–Trinajstić information content (AvgIpc) is 2.81. The molecule has 15 heavy (non-hydrogen) atoms. The van der Waals surface area contributed by atoms with Gasteiger partial charge in [-0.15, -0.1) is 0 Å². The van der Waals surface area contributed by atoms with Crippen molar-refractivity contribution in [3.8, 4) is 0 Å². The van der Waals surface area contributed by atoms with E-state index in [9.17, 15) is 4.79 Å². The average molecular weight is 201 g/mol. The second-order valence-corrected chi connectivity index (χ2v) is 3.80. The Kier molecular flexibility index (Phi) is 3.30. The third kappa shape index (κ3) is 2.77. The van der Waals surface area contributed by atoms with Crippen LogP contribution in [0.15, 0.2) is 36.4 Å². The molecule has 1 heterocycles. The highest BCUT2D eigenvalue weighted by Crippen LogP contribution is 2.08. The molecule has 1 aliphatic rings. The predicted molar refractivity (Wildman–Crippen MR) is 61.5 cm³/mol. The molecule has 1 aromatic rings. The van der Waals surface area contributed by atoms with Crippen LogP contribution in [0.5, 0.6) is 0 Å². The van der Waals surface area contributed by atoms with E-state index in [1.165, 1.54) is 0 Å². The Hall–Kier alpha value is -1.41. The van der Waals surface area contributed by atoms with Gasteiger partial charge in [-0.1, -0.05) is 36.4 Å². The van der Waals surface area contributed by atoms with Crippen molar-refractivity contribution in [2.24, 2.45) is 0 Å². The van der Waals surface area contributed by atoms with Gasteiger partial charge in [-0.25, -0.2) is 0 Å². The van der Waals surface area contributed by atoms with E-state index in [4.69, 9.17) is 0 Å². The number of nitrogens with one attached hydrogen (secondary N) is 1. The molecular weight excluding hydrogens is 186 g/mol. The summed E-state index contributed by atoms with van der Waals surface area (Å²) in [6.07, 6.45) is 5.63. The first-order valence-corrected chi connectivity index (χ1v) is 5.36. The van der Waals surface area contributed by atoms with Gasteiger partial charge in [-0.3, -0.25) is 4.79 Å². The lowest BCUT2D eigenvalue weighted by molar-refractivity contribution is -0.116. The van der Waals surface area contributed by atoms with E-state index >= 15 is 0 Å². The summed E-state index contributed by atoms with van der Waals surface area (Å²) in [7, 11) is 0. The molecule has 2 nitrogen and oxygen atoms in total. The molecule has 0 spiro atoms. The lowest BCUT2D eigenvalue weighted by atomic mass is 10.1. The number of ketones is 1. The number of hydrogen-bond donors (Lipinski definition) is 1. The van der Waals surface area contributed by atoms with Gasteiger partial charge in [0.1, 0.15) is 0 Å². The van der Waals surface area contributed by atoms with Crippen LogP contribution in [0.3, 0.4) is 0 Å². The fourth-order valence-electron chi connectivity index (χ4n) is 1.79. The molecule has 0 amide bonds. The van der Waals surface area contributed by atoms with Crippen molar-refractivity contribution >= 4 is 11.9 Å². The van der Waals surface area contributed by atoms with Gasteiger partial charge in [-0.05, 0) is 31.0 Å². The molecule has 1 aliphatic heterocycles. The quantitative estimate of drug-likeness (QED) is 0.758. The molecule has 1 atom stereocenters. The Balaban J connectivity index is 1.96. The summed E-state index contributed by atoms with van der Waals surface area (Å²) in [5.41, 5.74) is 1.07. The van der Waals surface area contributed by atoms with E-state index in [0.29, 0.717) is 0 Å². The van der Waals surface area contributed by atoms with Crippen LogP contribution in [0.4, 0.5) is 0 Å². The van der Waals surface area contributed by atoms with E-state index < -0.39 is 0 Å². The van der Waals surface area contributed by atoms with E-state index in [1.807, 2.05) is 36.4 Å². The smallest absolute Gasteiger partial charge is 0.172 e. The lowest BCUT2D eigenvalue weighted by Crippen LogP contribution is -2.29. The van der Waals surface area contributed by atoms with E-state index in [-0.39, 0.29) is 11.8 Å². The third-order valence-electron chi connectivity index (χ3n) is 2.64.